The van der Waals surface area contributed by atoms with E-state index in [9.17, 15) is 30.3 Å². The zero-order valence-electron chi connectivity index (χ0n) is 43.9. The minimum absolute atomic E-state index is 0.191. The second kappa shape index (κ2) is 48.5. The van der Waals surface area contributed by atoms with Crippen LogP contribution in [0.4, 0.5) is 0 Å². The lowest BCUT2D eigenvalue weighted by atomic mass is 9.99. The first-order valence-corrected chi connectivity index (χ1v) is 28.5. The maximum Gasteiger partial charge on any atom is 0.220 e. The van der Waals surface area contributed by atoms with Crippen molar-refractivity contribution in [2.24, 2.45) is 0 Å². The van der Waals surface area contributed by atoms with Crippen LogP contribution in [0.5, 0.6) is 0 Å². The molecular formula is C59H107NO8. The molecule has 1 amide bonds. The van der Waals surface area contributed by atoms with Crippen LogP contribution >= 0.6 is 0 Å². The van der Waals surface area contributed by atoms with Crippen molar-refractivity contribution in [1.29, 1.82) is 0 Å². The summed E-state index contributed by atoms with van der Waals surface area (Å²) in [4.78, 5) is 13.0. The molecule has 68 heavy (non-hydrogen) atoms. The number of ether oxygens (including phenoxy) is 2. The van der Waals surface area contributed by atoms with Gasteiger partial charge in [-0.25, -0.2) is 0 Å². The van der Waals surface area contributed by atoms with E-state index in [2.05, 4.69) is 67.8 Å². The van der Waals surface area contributed by atoms with Gasteiger partial charge in [0.25, 0.3) is 0 Å². The summed E-state index contributed by atoms with van der Waals surface area (Å²) in [6.45, 7) is 3.76. The Hall–Kier alpha value is -2.11. The zero-order valence-corrected chi connectivity index (χ0v) is 43.9. The van der Waals surface area contributed by atoms with Crippen LogP contribution in [-0.4, -0.2) is 87.5 Å². The van der Waals surface area contributed by atoms with Crippen molar-refractivity contribution in [2.45, 2.75) is 294 Å². The van der Waals surface area contributed by atoms with Gasteiger partial charge in [-0.15, -0.1) is 0 Å². The SMILES string of the molecule is CCCCCCC/C=C\C/C=C\CCCCCCCCCCCCCCCC(=O)NC(COC1OC(CO)C(O)C(O)C1O)C(O)/C=C/CC/C=C/CC/C=C/CCCCCCCCCCCC. The molecule has 0 aromatic carbocycles. The highest BCUT2D eigenvalue weighted by Crippen LogP contribution is 2.23. The number of hydrogen-bond donors (Lipinski definition) is 6. The van der Waals surface area contributed by atoms with Crippen molar-refractivity contribution in [2.75, 3.05) is 13.2 Å². The summed E-state index contributed by atoms with van der Waals surface area (Å²) in [5, 5.41) is 54.5. The fourth-order valence-electron chi connectivity index (χ4n) is 8.75. The predicted octanol–water partition coefficient (Wildman–Crippen LogP) is 13.9. The highest BCUT2D eigenvalue weighted by molar-refractivity contribution is 5.76. The maximum atomic E-state index is 13.0. The number of aliphatic hydroxyl groups is 5. The molecule has 1 saturated heterocycles. The normalized spacial score (nSPS) is 20.0. The van der Waals surface area contributed by atoms with Crippen LogP contribution in [0.1, 0.15) is 251 Å². The molecule has 7 atom stereocenters. The van der Waals surface area contributed by atoms with E-state index in [0.717, 1.165) is 51.4 Å². The van der Waals surface area contributed by atoms with E-state index in [4.69, 9.17) is 9.47 Å². The van der Waals surface area contributed by atoms with E-state index >= 15 is 0 Å². The number of nitrogens with one attached hydrogen (secondary N) is 1. The number of rotatable bonds is 48. The average Bonchev–Trinajstić information content (AvgIpc) is 3.34. The van der Waals surface area contributed by atoms with E-state index < -0.39 is 49.5 Å². The van der Waals surface area contributed by atoms with Crippen LogP contribution in [0.15, 0.2) is 60.8 Å². The van der Waals surface area contributed by atoms with Gasteiger partial charge in [0.1, 0.15) is 24.4 Å². The molecule has 0 aromatic heterocycles. The third-order valence-electron chi connectivity index (χ3n) is 13.3. The highest BCUT2D eigenvalue weighted by Gasteiger charge is 2.44. The second-order valence-corrected chi connectivity index (χ2v) is 19.7. The molecule has 0 radical (unpaired) electrons. The Bertz CT molecular complexity index is 1250. The lowest BCUT2D eigenvalue weighted by Gasteiger charge is -2.40. The molecule has 1 fully saturated rings. The van der Waals surface area contributed by atoms with E-state index in [1.54, 1.807) is 6.08 Å². The minimum Gasteiger partial charge on any atom is -0.394 e. The van der Waals surface area contributed by atoms with Gasteiger partial charge < -0.3 is 40.3 Å². The average molecular weight is 959 g/mol. The van der Waals surface area contributed by atoms with Crippen molar-refractivity contribution < 1.29 is 39.8 Å². The Kier molecular flexibility index (Phi) is 45.6. The highest BCUT2D eigenvalue weighted by atomic mass is 16.7. The molecule has 0 saturated carbocycles. The Labute approximate surface area is 417 Å². The molecule has 0 aliphatic carbocycles. The van der Waals surface area contributed by atoms with Gasteiger partial charge in [0.05, 0.1) is 25.4 Å². The van der Waals surface area contributed by atoms with Gasteiger partial charge in [-0.3, -0.25) is 4.79 Å². The Balaban J connectivity index is 2.27. The third kappa shape index (κ3) is 37.7. The molecule has 0 bridgehead atoms. The van der Waals surface area contributed by atoms with Crippen LogP contribution in [-0.2, 0) is 14.3 Å². The molecule has 1 heterocycles. The van der Waals surface area contributed by atoms with Gasteiger partial charge in [-0.05, 0) is 77.0 Å². The molecule has 0 aromatic rings. The number of unbranched alkanes of at least 4 members (excludes halogenated alkanes) is 30. The molecular weight excluding hydrogens is 851 g/mol. The molecule has 7 unspecified atom stereocenters. The summed E-state index contributed by atoms with van der Waals surface area (Å²) >= 11 is 0. The lowest BCUT2D eigenvalue weighted by molar-refractivity contribution is -0.302. The van der Waals surface area contributed by atoms with Crippen LogP contribution < -0.4 is 5.32 Å². The topological polar surface area (TPSA) is 149 Å². The molecule has 1 aliphatic heterocycles. The fraction of sp³-hybridized carbons (Fsp3) is 0.814. The number of aliphatic hydroxyl groups excluding tert-OH is 5. The van der Waals surface area contributed by atoms with Gasteiger partial charge in [-0.2, -0.15) is 0 Å². The smallest absolute Gasteiger partial charge is 0.220 e. The molecule has 396 valence electrons. The van der Waals surface area contributed by atoms with Crippen molar-refractivity contribution in [3.63, 3.8) is 0 Å². The van der Waals surface area contributed by atoms with Crippen molar-refractivity contribution in [1.82, 2.24) is 5.32 Å². The fourth-order valence-corrected chi connectivity index (χ4v) is 8.75. The Morgan fingerprint density at radius 2 is 0.882 bits per heavy atom. The molecule has 0 spiro atoms. The lowest BCUT2D eigenvalue weighted by Crippen LogP contribution is -2.60. The summed E-state index contributed by atoms with van der Waals surface area (Å²) in [5.41, 5.74) is 0. The largest absolute Gasteiger partial charge is 0.394 e. The molecule has 6 N–H and O–H groups in total. The van der Waals surface area contributed by atoms with Gasteiger partial charge in [0.2, 0.25) is 5.91 Å². The van der Waals surface area contributed by atoms with Crippen LogP contribution in [0, 0.1) is 0 Å². The number of hydrogen-bond acceptors (Lipinski definition) is 8. The first kappa shape index (κ1) is 63.9. The zero-order chi connectivity index (χ0) is 49.4. The second-order valence-electron chi connectivity index (χ2n) is 19.7. The Morgan fingerprint density at radius 1 is 0.500 bits per heavy atom. The summed E-state index contributed by atoms with van der Waals surface area (Å²) < 4.78 is 11.2. The Morgan fingerprint density at radius 3 is 1.32 bits per heavy atom. The van der Waals surface area contributed by atoms with Crippen LogP contribution in [0.3, 0.4) is 0 Å². The number of carbonyl (C=O) groups excluding carboxylic acids is 1. The summed E-state index contributed by atoms with van der Waals surface area (Å²) in [6, 6.07) is -0.831. The predicted molar refractivity (Wildman–Crippen MR) is 286 cm³/mol. The first-order chi connectivity index (χ1) is 33.3. The summed E-state index contributed by atoms with van der Waals surface area (Å²) in [6.07, 6.45) is 58.5. The van der Waals surface area contributed by atoms with Crippen molar-refractivity contribution in [3.8, 4) is 0 Å². The molecule has 9 heteroatoms. The van der Waals surface area contributed by atoms with Gasteiger partial charge in [0.15, 0.2) is 6.29 Å². The van der Waals surface area contributed by atoms with Gasteiger partial charge in [-0.1, -0.05) is 229 Å². The summed E-state index contributed by atoms with van der Waals surface area (Å²) in [7, 11) is 0. The number of carbonyl (C=O) groups is 1. The van der Waals surface area contributed by atoms with E-state index in [1.165, 1.54) is 180 Å². The monoisotopic (exact) mass is 958 g/mol. The molecule has 1 rings (SSSR count). The van der Waals surface area contributed by atoms with E-state index in [1.807, 2.05) is 6.08 Å². The number of amides is 1. The molecule has 9 nitrogen and oxygen atoms in total. The van der Waals surface area contributed by atoms with Crippen molar-refractivity contribution in [3.05, 3.63) is 60.8 Å². The third-order valence-corrected chi connectivity index (χ3v) is 13.3. The van der Waals surface area contributed by atoms with E-state index in [0.29, 0.717) is 6.42 Å². The van der Waals surface area contributed by atoms with Crippen LogP contribution in [0.25, 0.3) is 0 Å². The van der Waals surface area contributed by atoms with Crippen molar-refractivity contribution >= 4 is 5.91 Å². The maximum absolute atomic E-state index is 13.0. The first-order valence-electron chi connectivity index (χ1n) is 28.5. The van der Waals surface area contributed by atoms with Gasteiger partial charge >= 0.3 is 0 Å². The van der Waals surface area contributed by atoms with Gasteiger partial charge in [0, 0.05) is 6.42 Å². The summed E-state index contributed by atoms with van der Waals surface area (Å²) in [5.74, 6) is -0.191. The van der Waals surface area contributed by atoms with Crippen LogP contribution in [0.2, 0.25) is 0 Å². The number of allylic oxidation sites excluding steroid dienone is 9. The van der Waals surface area contributed by atoms with E-state index in [-0.39, 0.29) is 12.5 Å². The molecule has 1 aliphatic rings. The quantitative estimate of drug-likeness (QED) is 0.0261. The standard InChI is InChI=1S/C59H107NO8/c1-3-5-7-9-11-13-15-17-19-21-23-25-26-27-28-29-31-33-35-37-39-41-43-45-47-49-55(63)60-52(51-67-59-58(66)57(65)56(64)54(50-61)68-59)53(62)48-46-44-42-40-38-36-34-32-30-24-22-20-18-16-14-12-10-8-6-4-2/h15,17,21,23,30,32,38,40,46,48,52-54,56-59,61-62,64-66H,3-14,16,18-20,22,24-29,31,33-37,39,41-45,47,49-51H2,1-2H3,(H,60,63)/b17-15-,23-21-,32-30+,40-38+,48-46+. The minimum atomic E-state index is -1.58.